The van der Waals surface area contributed by atoms with Crippen LogP contribution >= 0.6 is 11.8 Å². The van der Waals surface area contributed by atoms with Gasteiger partial charge in [0.25, 0.3) is 0 Å². The number of benzene rings is 1. The number of urea groups is 1. The van der Waals surface area contributed by atoms with Crippen molar-refractivity contribution in [2.75, 3.05) is 12.8 Å². The van der Waals surface area contributed by atoms with Crippen LogP contribution in [-0.2, 0) is 12.3 Å². The highest BCUT2D eigenvalue weighted by molar-refractivity contribution is 7.97. The zero-order chi connectivity index (χ0) is 16.5. The molecule has 0 saturated heterocycles. The Balaban J connectivity index is 2.44. The maximum Gasteiger partial charge on any atom is 0.315 e. The van der Waals surface area contributed by atoms with Crippen molar-refractivity contribution in [2.45, 2.75) is 38.7 Å². The Labute approximate surface area is 135 Å². The minimum atomic E-state index is -0.367. The van der Waals surface area contributed by atoms with Crippen molar-refractivity contribution in [3.05, 3.63) is 35.1 Å². The first kappa shape index (κ1) is 18.8. The first-order valence-corrected chi connectivity index (χ1v) is 8.77. The number of rotatable bonds is 8. The summed E-state index contributed by atoms with van der Waals surface area (Å²) in [4.78, 5) is 11.8. The summed E-state index contributed by atoms with van der Waals surface area (Å²) in [5, 5.41) is 14.8. The third-order valence-electron chi connectivity index (χ3n) is 3.26. The lowest BCUT2D eigenvalue weighted by molar-refractivity contribution is 0.163. The number of amides is 2. The van der Waals surface area contributed by atoms with Gasteiger partial charge in [-0.2, -0.15) is 11.8 Å². The van der Waals surface area contributed by atoms with Crippen molar-refractivity contribution in [2.24, 2.45) is 5.92 Å². The Hall–Kier alpha value is -1.27. The molecule has 0 aliphatic heterocycles. The average Bonchev–Trinajstić information content (AvgIpc) is 2.44. The SMILES string of the molecule is CSCc1cc(F)ccc1CNC(=O)NCC(C)CC(C)O. The third-order valence-corrected chi connectivity index (χ3v) is 3.86. The number of carbonyl (C=O) groups excluding carboxylic acids is 1. The predicted octanol–water partition coefficient (Wildman–Crippen LogP) is 2.89. The van der Waals surface area contributed by atoms with E-state index in [1.54, 1.807) is 24.8 Å². The summed E-state index contributed by atoms with van der Waals surface area (Å²) < 4.78 is 13.3. The van der Waals surface area contributed by atoms with E-state index in [-0.39, 0.29) is 23.9 Å². The highest BCUT2D eigenvalue weighted by atomic mass is 32.2. The highest BCUT2D eigenvalue weighted by Gasteiger charge is 2.09. The van der Waals surface area contributed by atoms with Gasteiger partial charge in [0.2, 0.25) is 0 Å². The standard InChI is InChI=1S/C16H25FN2O2S/c1-11(6-12(2)20)8-18-16(21)19-9-13-4-5-15(17)7-14(13)10-22-3/h4-5,7,11-12,20H,6,8-10H2,1-3H3,(H2,18,19,21). The Kier molecular flexibility index (Phi) is 8.27. The minimum Gasteiger partial charge on any atom is -0.393 e. The molecule has 4 nitrogen and oxygen atoms in total. The summed E-state index contributed by atoms with van der Waals surface area (Å²) in [6, 6.07) is 4.37. The second kappa shape index (κ2) is 9.69. The fourth-order valence-corrected chi connectivity index (χ4v) is 2.81. The monoisotopic (exact) mass is 328 g/mol. The van der Waals surface area contributed by atoms with Crippen LogP contribution in [0.25, 0.3) is 0 Å². The molecule has 2 atom stereocenters. The molecule has 0 saturated carbocycles. The number of aliphatic hydroxyl groups excluding tert-OH is 1. The smallest absolute Gasteiger partial charge is 0.315 e. The van der Waals surface area contributed by atoms with E-state index in [4.69, 9.17) is 0 Å². The van der Waals surface area contributed by atoms with Gasteiger partial charge in [0, 0.05) is 18.8 Å². The molecule has 0 heterocycles. The first-order valence-electron chi connectivity index (χ1n) is 7.38. The molecule has 3 N–H and O–H groups in total. The number of hydrogen-bond donors (Lipinski definition) is 3. The van der Waals surface area contributed by atoms with E-state index in [1.807, 2.05) is 13.2 Å². The largest absolute Gasteiger partial charge is 0.393 e. The highest BCUT2D eigenvalue weighted by Crippen LogP contribution is 2.16. The van der Waals surface area contributed by atoms with Gasteiger partial charge in [0.1, 0.15) is 5.82 Å². The van der Waals surface area contributed by atoms with Gasteiger partial charge < -0.3 is 15.7 Å². The summed E-state index contributed by atoms with van der Waals surface area (Å²) in [6.45, 7) is 4.59. The Bertz CT molecular complexity index is 483. The Morgan fingerprint density at radius 2 is 2.05 bits per heavy atom. The van der Waals surface area contributed by atoms with Gasteiger partial charge >= 0.3 is 6.03 Å². The maximum absolute atomic E-state index is 13.3. The lowest BCUT2D eigenvalue weighted by Crippen LogP contribution is -2.38. The molecule has 1 aromatic rings. The minimum absolute atomic E-state index is 0.212. The fraction of sp³-hybridized carbons (Fsp3) is 0.562. The molecule has 0 spiro atoms. The lowest BCUT2D eigenvalue weighted by Gasteiger charge is -2.15. The summed E-state index contributed by atoms with van der Waals surface area (Å²) >= 11 is 1.61. The Morgan fingerprint density at radius 3 is 2.68 bits per heavy atom. The second-order valence-electron chi connectivity index (χ2n) is 5.60. The van der Waals surface area contributed by atoms with Crippen LogP contribution in [0.2, 0.25) is 0 Å². The third kappa shape index (κ3) is 7.13. The van der Waals surface area contributed by atoms with Gasteiger partial charge in [0.05, 0.1) is 6.10 Å². The summed E-state index contributed by atoms with van der Waals surface area (Å²) in [5.41, 5.74) is 1.82. The van der Waals surface area contributed by atoms with Crippen LogP contribution in [0.3, 0.4) is 0 Å². The van der Waals surface area contributed by atoms with Gasteiger partial charge in [-0.05, 0) is 48.8 Å². The molecule has 124 valence electrons. The van der Waals surface area contributed by atoms with Crippen LogP contribution in [-0.4, -0.2) is 30.0 Å². The molecule has 22 heavy (non-hydrogen) atoms. The van der Waals surface area contributed by atoms with Crippen LogP contribution in [0.1, 0.15) is 31.4 Å². The fourth-order valence-electron chi connectivity index (χ4n) is 2.23. The average molecular weight is 328 g/mol. The number of thioether (sulfide) groups is 1. The lowest BCUT2D eigenvalue weighted by atomic mass is 10.1. The van der Waals surface area contributed by atoms with Crippen molar-refractivity contribution < 1.29 is 14.3 Å². The number of halogens is 1. The second-order valence-corrected chi connectivity index (χ2v) is 6.47. The van der Waals surface area contributed by atoms with E-state index >= 15 is 0 Å². The number of aliphatic hydroxyl groups is 1. The van der Waals surface area contributed by atoms with Crippen molar-refractivity contribution in [3.63, 3.8) is 0 Å². The van der Waals surface area contributed by atoms with Gasteiger partial charge in [-0.3, -0.25) is 0 Å². The van der Waals surface area contributed by atoms with Crippen LogP contribution in [0.15, 0.2) is 18.2 Å². The van der Waals surface area contributed by atoms with E-state index in [0.717, 1.165) is 11.1 Å². The quantitative estimate of drug-likeness (QED) is 0.688. The number of nitrogens with one attached hydrogen (secondary N) is 2. The summed E-state index contributed by atoms with van der Waals surface area (Å²) in [6.07, 6.45) is 2.24. The number of carbonyl (C=O) groups is 1. The summed E-state index contributed by atoms with van der Waals surface area (Å²) in [5.74, 6) is 0.662. The molecule has 2 unspecified atom stereocenters. The van der Waals surface area contributed by atoms with Gasteiger partial charge in [-0.25, -0.2) is 9.18 Å². The van der Waals surface area contributed by atoms with E-state index in [9.17, 15) is 14.3 Å². The topological polar surface area (TPSA) is 61.4 Å². The molecule has 1 aromatic carbocycles. The van der Waals surface area contributed by atoms with Crippen LogP contribution in [0, 0.1) is 11.7 Å². The molecule has 1 rings (SSSR count). The maximum atomic E-state index is 13.3. The van der Waals surface area contributed by atoms with Crippen molar-refractivity contribution in [3.8, 4) is 0 Å². The van der Waals surface area contributed by atoms with E-state index < -0.39 is 0 Å². The molecule has 0 bridgehead atoms. The van der Waals surface area contributed by atoms with E-state index in [1.165, 1.54) is 12.1 Å². The number of hydrogen-bond acceptors (Lipinski definition) is 3. The summed E-state index contributed by atoms with van der Waals surface area (Å²) in [7, 11) is 0. The van der Waals surface area contributed by atoms with Crippen LogP contribution in [0.4, 0.5) is 9.18 Å². The van der Waals surface area contributed by atoms with Crippen molar-refractivity contribution >= 4 is 17.8 Å². The predicted molar refractivity (Wildman–Crippen MR) is 89.3 cm³/mol. The zero-order valence-electron chi connectivity index (χ0n) is 13.4. The Morgan fingerprint density at radius 1 is 1.32 bits per heavy atom. The normalized spacial score (nSPS) is 13.5. The van der Waals surface area contributed by atoms with Crippen LogP contribution in [0.5, 0.6) is 0 Å². The first-order chi connectivity index (χ1) is 10.4. The molecular formula is C16H25FN2O2S. The molecule has 6 heteroatoms. The molecule has 0 radical (unpaired) electrons. The van der Waals surface area contributed by atoms with E-state index in [2.05, 4.69) is 10.6 Å². The van der Waals surface area contributed by atoms with Crippen molar-refractivity contribution in [1.29, 1.82) is 0 Å². The van der Waals surface area contributed by atoms with Crippen molar-refractivity contribution in [1.82, 2.24) is 10.6 Å². The van der Waals surface area contributed by atoms with Gasteiger partial charge in [-0.1, -0.05) is 13.0 Å². The molecule has 0 aromatic heterocycles. The zero-order valence-corrected chi connectivity index (χ0v) is 14.2. The molecule has 0 aliphatic rings. The van der Waals surface area contributed by atoms with Crippen LogP contribution < -0.4 is 10.6 Å². The van der Waals surface area contributed by atoms with Gasteiger partial charge in [-0.15, -0.1) is 0 Å². The van der Waals surface area contributed by atoms with Gasteiger partial charge in [0.15, 0.2) is 0 Å². The van der Waals surface area contributed by atoms with E-state index in [0.29, 0.717) is 25.3 Å². The molecule has 0 aliphatic carbocycles. The molecule has 2 amide bonds. The molecular weight excluding hydrogens is 303 g/mol. The molecule has 0 fully saturated rings.